The third-order valence-electron chi connectivity index (χ3n) is 6.24. The molecule has 184 valence electrons. The minimum absolute atomic E-state index is 0.0657. The Hall–Kier alpha value is -3.33. The number of carbonyl (C=O) groups is 1. The van der Waals surface area contributed by atoms with Crippen LogP contribution in [0.3, 0.4) is 0 Å². The number of benzene rings is 2. The van der Waals surface area contributed by atoms with Gasteiger partial charge in [0.15, 0.2) is 0 Å². The Kier molecular flexibility index (Phi) is 6.27. The first-order valence-electron chi connectivity index (χ1n) is 11.1. The number of nitrogens with zero attached hydrogens (tertiary/aromatic N) is 4. The van der Waals surface area contributed by atoms with Crippen molar-refractivity contribution in [2.75, 3.05) is 23.8 Å². The van der Waals surface area contributed by atoms with Crippen molar-refractivity contribution in [3.05, 3.63) is 71.8 Å². The molecule has 1 amide bonds. The molecular weight excluding hydrogens is 484 g/mol. The summed E-state index contributed by atoms with van der Waals surface area (Å²) in [5.74, 6) is -2.15. The number of carbonyl (C=O) groups excluding carboxylic acids is 1. The summed E-state index contributed by atoms with van der Waals surface area (Å²) in [7, 11) is -3.05. The number of amides is 1. The highest BCUT2D eigenvalue weighted by atomic mass is 31.2. The number of halogens is 3. The fraction of sp³-hybridized carbons (Fsp3) is 0.348. The Balaban J connectivity index is 1.26. The predicted molar refractivity (Wildman–Crippen MR) is 120 cm³/mol. The van der Waals surface area contributed by atoms with Gasteiger partial charge in [0.25, 0.3) is 0 Å². The third kappa shape index (κ3) is 5.05. The Morgan fingerprint density at radius 3 is 2.40 bits per heavy atom. The molecule has 8 nitrogen and oxygen atoms in total. The van der Waals surface area contributed by atoms with E-state index in [0.717, 1.165) is 12.1 Å². The van der Waals surface area contributed by atoms with Gasteiger partial charge >= 0.3 is 6.09 Å². The molecule has 0 N–H and O–H groups in total. The number of hydrogen-bond donors (Lipinski definition) is 0. The lowest BCUT2D eigenvalue weighted by atomic mass is 9.92. The minimum atomic E-state index is -3.05. The van der Waals surface area contributed by atoms with E-state index in [9.17, 15) is 13.8 Å². The van der Waals surface area contributed by atoms with Gasteiger partial charge in [-0.3, -0.25) is 9.46 Å². The molecule has 2 aromatic carbocycles. The zero-order valence-corrected chi connectivity index (χ0v) is 19.4. The van der Waals surface area contributed by atoms with Crippen LogP contribution in [0, 0.1) is 17.5 Å². The van der Waals surface area contributed by atoms with Crippen molar-refractivity contribution in [2.24, 2.45) is 0 Å². The molecule has 2 saturated heterocycles. The van der Waals surface area contributed by atoms with Crippen LogP contribution >= 0.6 is 7.37 Å². The maximum Gasteiger partial charge on any atom is 0.414 e. The molecule has 3 aromatic rings. The van der Waals surface area contributed by atoms with Gasteiger partial charge in [0, 0.05) is 24.1 Å². The molecule has 2 fully saturated rings. The number of anilines is 1. The second-order valence-corrected chi connectivity index (χ2v) is 11.4. The fourth-order valence-corrected chi connectivity index (χ4v) is 6.83. The molecule has 35 heavy (non-hydrogen) atoms. The number of cyclic esters (lactones) is 1. The molecule has 5 rings (SSSR count). The van der Waals surface area contributed by atoms with Crippen molar-refractivity contribution in [3.63, 3.8) is 0 Å². The summed E-state index contributed by atoms with van der Waals surface area (Å²) in [4.78, 5) is 13.5. The van der Waals surface area contributed by atoms with Crippen LogP contribution in [-0.4, -0.2) is 46.1 Å². The lowest BCUT2D eigenvalue weighted by molar-refractivity contribution is 0.129. The summed E-state index contributed by atoms with van der Waals surface area (Å²) >= 11 is 0. The van der Waals surface area contributed by atoms with Crippen molar-refractivity contribution in [1.29, 1.82) is 0 Å². The maximum absolute atomic E-state index is 15.1. The smallest absolute Gasteiger partial charge is 0.414 e. The summed E-state index contributed by atoms with van der Waals surface area (Å²) in [5, 5.41) is 7.52. The summed E-state index contributed by atoms with van der Waals surface area (Å²) in [6, 6.07) is 7.49. The van der Waals surface area contributed by atoms with E-state index < -0.39 is 42.9 Å². The Morgan fingerprint density at radius 1 is 1.09 bits per heavy atom. The van der Waals surface area contributed by atoms with Gasteiger partial charge in [0.2, 0.25) is 7.37 Å². The van der Waals surface area contributed by atoms with E-state index in [1.165, 1.54) is 40.0 Å². The topological polar surface area (TPSA) is 86.6 Å². The van der Waals surface area contributed by atoms with E-state index in [-0.39, 0.29) is 49.5 Å². The van der Waals surface area contributed by atoms with E-state index in [4.69, 9.17) is 9.26 Å². The monoisotopic (exact) mass is 506 g/mol. The number of ether oxygens (including phenoxy) is 1. The lowest BCUT2D eigenvalue weighted by Crippen LogP contribution is -2.26. The zero-order chi connectivity index (χ0) is 24.6. The van der Waals surface area contributed by atoms with E-state index >= 15 is 8.78 Å². The van der Waals surface area contributed by atoms with Crippen LogP contribution in [0.5, 0.6) is 5.75 Å². The molecule has 0 saturated carbocycles. The highest BCUT2D eigenvalue weighted by Crippen LogP contribution is 2.54. The van der Waals surface area contributed by atoms with Gasteiger partial charge in [-0.2, -0.15) is 0 Å². The molecule has 2 aliphatic heterocycles. The standard InChI is InChI=1S/C23H22F3N4O4P/c24-16-1-3-18(4-2-16)34-35(32)9-5-15(6-10-35)22-20(25)11-17(12-21(22)26)30-14-19(33-23(30)31)13-29-8-7-27-28-29/h1-4,7-8,11-12,15,19H,5-6,9-10,13-14H2/t15?,19-,35?/m1/s1. The second-order valence-electron chi connectivity index (χ2n) is 8.65. The average molecular weight is 506 g/mol. The molecule has 1 atom stereocenters. The van der Waals surface area contributed by atoms with Crippen LogP contribution in [0.4, 0.5) is 23.7 Å². The summed E-state index contributed by atoms with van der Waals surface area (Å²) in [6.45, 7) is 0.387. The maximum atomic E-state index is 15.1. The number of rotatable bonds is 6. The normalized spacial score (nSPS) is 24.4. The molecule has 2 aliphatic rings. The first kappa shape index (κ1) is 23.4. The van der Waals surface area contributed by atoms with E-state index in [2.05, 4.69) is 10.3 Å². The average Bonchev–Trinajstić information content (AvgIpc) is 3.46. The summed E-state index contributed by atoms with van der Waals surface area (Å²) < 4.78 is 68.7. The number of hydrogen-bond acceptors (Lipinski definition) is 6. The van der Waals surface area contributed by atoms with E-state index in [0.29, 0.717) is 5.75 Å². The van der Waals surface area contributed by atoms with Crippen molar-refractivity contribution in [3.8, 4) is 5.75 Å². The second kappa shape index (κ2) is 9.37. The molecule has 0 aliphatic carbocycles. The van der Waals surface area contributed by atoms with Crippen molar-refractivity contribution in [2.45, 2.75) is 31.4 Å². The Morgan fingerprint density at radius 2 is 1.77 bits per heavy atom. The van der Waals surface area contributed by atoms with Crippen LogP contribution in [0.15, 0.2) is 48.8 Å². The van der Waals surface area contributed by atoms with E-state index in [1.807, 2.05) is 0 Å². The van der Waals surface area contributed by atoms with Crippen LogP contribution in [0.2, 0.25) is 0 Å². The number of aromatic nitrogens is 3. The van der Waals surface area contributed by atoms with Gasteiger partial charge in [-0.25, -0.2) is 22.6 Å². The zero-order valence-electron chi connectivity index (χ0n) is 18.5. The molecule has 0 radical (unpaired) electrons. The predicted octanol–water partition coefficient (Wildman–Crippen LogP) is 4.96. The fourth-order valence-electron chi connectivity index (χ4n) is 4.51. The summed E-state index contributed by atoms with van der Waals surface area (Å²) in [6.07, 6.45) is 2.74. The molecule has 12 heteroatoms. The third-order valence-corrected chi connectivity index (χ3v) is 8.67. The van der Waals surface area contributed by atoms with Gasteiger partial charge in [0.1, 0.15) is 29.3 Å². The van der Waals surface area contributed by atoms with Crippen molar-refractivity contribution in [1.82, 2.24) is 15.0 Å². The van der Waals surface area contributed by atoms with Crippen molar-refractivity contribution >= 4 is 19.1 Å². The molecule has 0 unspecified atom stereocenters. The lowest BCUT2D eigenvalue weighted by Gasteiger charge is -2.30. The Labute approximate surface area is 199 Å². The first-order valence-corrected chi connectivity index (χ1v) is 13.1. The van der Waals surface area contributed by atoms with Gasteiger partial charge in [0.05, 0.1) is 25.0 Å². The van der Waals surface area contributed by atoms with Crippen molar-refractivity contribution < 1.29 is 31.8 Å². The highest BCUT2D eigenvalue weighted by molar-refractivity contribution is 7.59. The highest BCUT2D eigenvalue weighted by Gasteiger charge is 2.37. The van der Waals surface area contributed by atoms with Gasteiger partial charge < -0.3 is 9.26 Å². The first-order chi connectivity index (χ1) is 16.8. The molecule has 3 heterocycles. The quantitative estimate of drug-likeness (QED) is 0.440. The van der Waals surface area contributed by atoms with Gasteiger partial charge in [-0.05, 0) is 55.2 Å². The van der Waals surface area contributed by atoms with Crippen LogP contribution in [-0.2, 0) is 15.8 Å². The van der Waals surface area contributed by atoms with Crippen LogP contribution in [0.25, 0.3) is 0 Å². The molecule has 0 spiro atoms. The molecular formula is C23H22F3N4O4P. The SMILES string of the molecule is O=C1O[C@H](Cn2ccnn2)CN1c1cc(F)c(C2CCP(=O)(Oc3ccc(F)cc3)CC2)c(F)c1. The summed E-state index contributed by atoms with van der Waals surface area (Å²) in [5.41, 5.74) is -0.0236. The Bertz CT molecular complexity index is 1240. The molecule has 1 aromatic heterocycles. The van der Waals surface area contributed by atoms with E-state index in [1.54, 1.807) is 6.20 Å². The largest absolute Gasteiger partial charge is 0.443 e. The van der Waals surface area contributed by atoms with Crippen LogP contribution in [0.1, 0.15) is 24.3 Å². The van der Waals surface area contributed by atoms with Crippen LogP contribution < -0.4 is 9.42 Å². The minimum Gasteiger partial charge on any atom is -0.443 e. The van der Waals surface area contributed by atoms with Gasteiger partial charge in [-0.15, -0.1) is 5.10 Å². The van der Waals surface area contributed by atoms with Gasteiger partial charge in [-0.1, -0.05) is 5.21 Å². The molecule has 0 bridgehead atoms.